The van der Waals surface area contributed by atoms with Gasteiger partial charge in [-0.25, -0.2) is 0 Å². The third-order valence-electron chi connectivity index (χ3n) is 2.24. The highest BCUT2D eigenvalue weighted by atomic mass is 16.7. The first-order valence-electron chi connectivity index (χ1n) is 4.91. The van der Waals surface area contributed by atoms with Gasteiger partial charge in [0.1, 0.15) is 0 Å². The molecule has 1 aromatic carbocycles. The fourth-order valence-electron chi connectivity index (χ4n) is 1.44. The fourth-order valence-corrected chi connectivity index (χ4v) is 1.44. The van der Waals surface area contributed by atoms with Crippen LogP contribution in [0.2, 0.25) is 0 Å². The standard InChI is InChI=1S/C11H14N2O2/c1-9-11(7-8-14)12-13(15-9)10-5-3-2-4-6-10/h2-6,12,14H,7-8H2,1H3. The van der Waals surface area contributed by atoms with E-state index >= 15 is 0 Å². The van der Waals surface area contributed by atoms with Crippen molar-refractivity contribution in [2.45, 2.75) is 13.3 Å². The summed E-state index contributed by atoms with van der Waals surface area (Å²) in [5.74, 6) is 0.799. The number of para-hydroxylation sites is 1. The zero-order chi connectivity index (χ0) is 10.7. The zero-order valence-corrected chi connectivity index (χ0v) is 8.60. The van der Waals surface area contributed by atoms with Crippen molar-refractivity contribution in [3.8, 4) is 0 Å². The van der Waals surface area contributed by atoms with Crippen molar-refractivity contribution in [1.82, 2.24) is 5.43 Å². The average molecular weight is 206 g/mol. The maximum atomic E-state index is 8.85. The van der Waals surface area contributed by atoms with E-state index < -0.39 is 0 Å². The molecule has 1 aliphatic heterocycles. The number of rotatable bonds is 3. The molecule has 0 radical (unpaired) electrons. The molecule has 2 rings (SSSR count). The van der Waals surface area contributed by atoms with Gasteiger partial charge < -0.3 is 9.94 Å². The largest absolute Gasteiger partial charge is 0.396 e. The van der Waals surface area contributed by atoms with Gasteiger partial charge in [-0.2, -0.15) is 0 Å². The minimum Gasteiger partial charge on any atom is -0.396 e. The summed E-state index contributed by atoms with van der Waals surface area (Å²) in [5, 5.41) is 10.5. The van der Waals surface area contributed by atoms with Crippen molar-refractivity contribution < 1.29 is 9.94 Å². The molecule has 0 atom stereocenters. The number of aliphatic hydroxyl groups is 1. The quantitative estimate of drug-likeness (QED) is 0.787. The second kappa shape index (κ2) is 4.23. The lowest BCUT2D eigenvalue weighted by molar-refractivity contribution is 0.193. The highest BCUT2D eigenvalue weighted by molar-refractivity contribution is 5.44. The summed E-state index contributed by atoms with van der Waals surface area (Å²) in [4.78, 5) is 5.50. The van der Waals surface area contributed by atoms with Gasteiger partial charge in [0.25, 0.3) is 0 Å². The first-order valence-corrected chi connectivity index (χ1v) is 4.91. The van der Waals surface area contributed by atoms with Crippen LogP contribution in [0.4, 0.5) is 5.69 Å². The molecular weight excluding hydrogens is 192 g/mol. The molecule has 0 bridgehead atoms. The normalized spacial score (nSPS) is 15.2. The van der Waals surface area contributed by atoms with Crippen LogP contribution in [0.5, 0.6) is 0 Å². The van der Waals surface area contributed by atoms with E-state index in [0.717, 1.165) is 17.1 Å². The molecule has 0 saturated carbocycles. The second-order valence-electron chi connectivity index (χ2n) is 3.34. The summed E-state index contributed by atoms with van der Waals surface area (Å²) in [6.45, 7) is 1.99. The summed E-state index contributed by atoms with van der Waals surface area (Å²) in [6.07, 6.45) is 0.579. The lowest BCUT2D eigenvalue weighted by Gasteiger charge is -2.17. The van der Waals surface area contributed by atoms with E-state index in [9.17, 15) is 0 Å². The maximum Gasteiger partial charge on any atom is 0.152 e. The minimum absolute atomic E-state index is 0.117. The van der Waals surface area contributed by atoms with Gasteiger partial charge in [-0.1, -0.05) is 18.2 Å². The highest BCUT2D eigenvalue weighted by Crippen LogP contribution is 2.22. The van der Waals surface area contributed by atoms with Crippen molar-refractivity contribution >= 4 is 5.69 Å². The van der Waals surface area contributed by atoms with Crippen LogP contribution in [0.25, 0.3) is 0 Å². The molecule has 0 spiro atoms. The first-order chi connectivity index (χ1) is 7.31. The van der Waals surface area contributed by atoms with Crippen molar-refractivity contribution in [1.29, 1.82) is 0 Å². The van der Waals surface area contributed by atoms with Crippen LogP contribution >= 0.6 is 0 Å². The van der Waals surface area contributed by atoms with Crippen molar-refractivity contribution in [3.05, 3.63) is 41.8 Å². The lowest BCUT2D eigenvalue weighted by atomic mass is 10.3. The molecule has 1 heterocycles. The van der Waals surface area contributed by atoms with Gasteiger partial charge in [-0.05, 0) is 19.1 Å². The van der Waals surface area contributed by atoms with E-state index in [1.165, 1.54) is 0 Å². The molecule has 4 nitrogen and oxygen atoms in total. The number of allylic oxidation sites excluding steroid dienone is 1. The van der Waals surface area contributed by atoms with Gasteiger partial charge in [-0.3, -0.25) is 5.43 Å². The van der Waals surface area contributed by atoms with Crippen molar-refractivity contribution in [2.75, 3.05) is 11.8 Å². The Balaban J connectivity index is 2.07. The predicted octanol–water partition coefficient (Wildman–Crippen LogP) is 1.56. The number of nitrogens with one attached hydrogen (secondary N) is 1. The Morgan fingerprint density at radius 3 is 2.73 bits per heavy atom. The first kappa shape index (κ1) is 9.86. The number of anilines is 1. The SMILES string of the molecule is CC1=C(CCO)NN(c2ccccc2)O1. The smallest absolute Gasteiger partial charge is 0.152 e. The third kappa shape index (κ3) is 2.05. The molecule has 1 aliphatic rings. The summed E-state index contributed by atoms with van der Waals surface area (Å²) in [5.41, 5.74) is 4.94. The van der Waals surface area contributed by atoms with Crippen LogP contribution in [-0.2, 0) is 4.84 Å². The number of benzene rings is 1. The van der Waals surface area contributed by atoms with Crippen molar-refractivity contribution in [3.63, 3.8) is 0 Å². The van der Waals surface area contributed by atoms with Crippen LogP contribution in [0, 0.1) is 0 Å². The molecule has 0 aliphatic carbocycles. The molecule has 1 aromatic rings. The summed E-state index contributed by atoms with van der Waals surface area (Å²) in [7, 11) is 0. The summed E-state index contributed by atoms with van der Waals surface area (Å²) < 4.78 is 0. The molecule has 0 aromatic heterocycles. The molecule has 15 heavy (non-hydrogen) atoms. The minimum atomic E-state index is 0.117. The molecule has 80 valence electrons. The predicted molar refractivity (Wildman–Crippen MR) is 57.5 cm³/mol. The molecular formula is C11H14N2O2. The van der Waals surface area contributed by atoms with Crippen LogP contribution in [0.3, 0.4) is 0 Å². The van der Waals surface area contributed by atoms with Gasteiger partial charge in [-0.15, -0.1) is 5.17 Å². The van der Waals surface area contributed by atoms with Crippen LogP contribution < -0.4 is 10.6 Å². The zero-order valence-electron chi connectivity index (χ0n) is 8.60. The Morgan fingerprint density at radius 2 is 2.07 bits per heavy atom. The second-order valence-corrected chi connectivity index (χ2v) is 3.34. The van der Waals surface area contributed by atoms with E-state index in [2.05, 4.69) is 5.43 Å². The maximum absolute atomic E-state index is 8.85. The van der Waals surface area contributed by atoms with Gasteiger partial charge >= 0.3 is 0 Å². The van der Waals surface area contributed by atoms with Gasteiger partial charge in [0.2, 0.25) is 0 Å². The molecule has 0 fully saturated rings. The lowest BCUT2D eigenvalue weighted by Crippen LogP contribution is -2.30. The van der Waals surface area contributed by atoms with E-state index in [1.54, 1.807) is 5.17 Å². The van der Waals surface area contributed by atoms with Crippen molar-refractivity contribution in [2.24, 2.45) is 0 Å². The average Bonchev–Trinajstić information content (AvgIpc) is 2.63. The highest BCUT2D eigenvalue weighted by Gasteiger charge is 2.19. The number of hydrogen-bond donors (Lipinski definition) is 2. The monoisotopic (exact) mass is 206 g/mol. The number of aliphatic hydroxyl groups excluding tert-OH is 1. The molecule has 0 saturated heterocycles. The number of nitrogens with zero attached hydrogens (tertiary/aromatic N) is 1. The molecule has 2 N–H and O–H groups in total. The van der Waals surface area contributed by atoms with Gasteiger partial charge in [0.05, 0.1) is 11.4 Å². The van der Waals surface area contributed by atoms with E-state index in [-0.39, 0.29) is 6.61 Å². The van der Waals surface area contributed by atoms with Crippen LogP contribution in [-0.4, -0.2) is 11.7 Å². The topological polar surface area (TPSA) is 44.7 Å². The Kier molecular flexibility index (Phi) is 2.78. The summed E-state index contributed by atoms with van der Waals surface area (Å²) in [6, 6.07) is 9.73. The van der Waals surface area contributed by atoms with E-state index in [4.69, 9.17) is 9.94 Å². The molecule has 0 amide bonds. The van der Waals surface area contributed by atoms with Gasteiger partial charge in [0, 0.05) is 13.0 Å². The van der Waals surface area contributed by atoms with E-state index in [1.807, 2.05) is 37.3 Å². The van der Waals surface area contributed by atoms with Crippen LogP contribution in [0.1, 0.15) is 13.3 Å². The fraction of sp³-hybridized carbons (Fsp3) is 0.273. The Labute approximate surface area is 88.7 Å². The Morgan fingerprint density at radius 1 is 1.33 bits per heavy atom. The molecule has 0 unspecified atom stereocenters. The van der Waals surface area contributed by atoms with E-state index in [0.29, 0.717) is 6.42 Å². The molecule has 4 heteroatoms. The Bertz CT molecular complexity index is 362. The van der Waals surface area contributed by atoms with Crippen LogP contribution in [0.15, 0.2) is 41.8 Å². The number of hydrogen-bond acceptors (Lipinski definition) is 4. The Hall–Kier alpha value is -1.68. The number of hydrazine groups is 1. The van der Waals surface area contributed by atoms with Gasteiger partial charge in [0.15, 0.2) is 5.76 Å². The summed E-state index contributed by atoms with van der Waals surface area (Å²) >= 11 is 0. The third-order valence-corrected chi connectivity index (χ3v) is 2.24.